The largest absolute Gasteiger partial charge is 0.383 e. The number of pyridine rings is 1. The van der Waals surface area contributed by atoms with Crippen molar-refractivity contribution in [2.75, 3.05) is 25.6 Å². The first-order valence-electron chi connectivity index (χ1n) is 12.3. The summed E-state index contributed by atoms with van der Waals surface area (Å²) in [4.78, 5) is 19.7. The van der Waals surface area contributed by atoms with Crippen molar-refractivity contribution in [3.8, 4) is 0 Å². The predicted molar refractivity (Wildman–Crippen MR) is 147 cm³/mol. The van der Waals surface area contributed by atoms with E-state index in [1.54, 1.807) is 13.3 Å². The molecule has 1 fully saturated rings. The van der Waals surface area contributed by atoms with Crippen LogP contribution in [0.15, 0.2) is 48.7 Å². The fourth-order valence-corrected chi connectivity index (χ4v) is 5.28. The van der Waals surface area contributed by atoms with E-state index in [1.165, 1.54) is 17.0 Å². The summed E-state index contributed by atoms with van der Waals surface area (Å²) < 4.78 is 7.61. The Balaban J connectivity index is 1.60. The van der Waals surface area contributed by atoms with Crippen LogP contribution in [0.4, 0.5) is 5.69 Å². The second-order valence-electron chi connectivity index (χ2n) is 9.41. The SMILES string of the molecule is COCCn1c(C)cc([C@@H]2[C@H](c3ccccn3)NC(=S)N2CCC(=O)Nc2cc(C)ccc2C)c1C. The van der Waals surface area contributed by atoms with Crippen LogP contribution in [0.1, 0.15) is 52.3 Å². The smallest absolute Gasteiger partial charge is 0.226 e. The van der Waals surface area contributed by atoms with Crippen molar-refractivity contribution in [1.82, 2.24) is 19.8 Å². The van der Waals surface area contributed by atoms with Crippen LogP contribution in [0.25, 0.3) is 0 Å². The first kappa shape index (κ1) is 25.9. The molecule has 1 aliphatic heterocycles. The Morgan fingerprint density at radius 1 is 1.14 bits per heavy atom. The van der Waals surface area contributed by atoms with Crippen LogP contribution in [0, 0.1) is 27.7 Å². The Kier molecular flexibility index (Phi) is 8.06. The maximum atomic E-state index is 12.9. The van der Waals surface area contributed by atoms with Crippen molar-refractivity contribution >= 4 is 28.9 Å². The number of hydrogen-bond donors (Lipinski definition) is 2. The van der Waals surface area contributed by atoms with Crippen LogP contribution in [0.2, 0.25) is 0 Å². The van der Waals surface area contributed by atoms with Gasteiger partial charge in [-0.05, 0) is 80.9 Å². The molecule has 1 amide bonds. The summed E-state index contributed by atoms with van der Waals surface area (Å²) in [5.41, 5.74) is 7.46. The van der Waals surface area contributed by atoms with Crippen molar-refractivity contribution < 1.29 is 9.53 Å². The molecular formula is C28H35N5O2S. The Morgan fingerprint density at radius 3 is 2.67 bits per heavy atom. The van der Waals surface area contributed by atoms with Crippen LogP contribution in [-0.4, -0.2) is 45.7 Å². The summed E-state index contributed by atoms with van der Waals surface area (Å²) in [7, 11) is 1.72. The van der Waals surface area contributed by atoms with Gasteiger partial charge in [0.25, 0.3) is 0 Å². The van der Waals surface area contributed by atoms with Crippen molar-refractivity contribution in [1.29, 1.82) is 0 Å². The number of nitrogens with zero attached hydrogens (tertiary/aromatic N) is 3. The lowest BCUT2D eigenvalue weighted by Crippen LogP contribution is -2.33. The lowest BCUT2D eigenvalue weighted by molar-refractivity contribution is -0.116. The van der Waals surface area contributed by atoms with E-state index in [0.717, 1.165) is 29.1 Å². The van der Waals surface area contributed by atoms with Crippen LogP contribution >= 0.6 is 12.2 Å². The van der Waals surface area contributed by atoms with Gasteiger partial charge in [0.1, 0.15) is 0 Å². The molecule has 2 N–H and O–H groups in total. The van der Waals surface area contributed by atoms with Crippen LogP contribution in [0.5, 0.6) is 0 Å². The summed E-state index contributed by atoms with van der Waals surface area (Å²) >= 11 is 5.80. The zero-order valence-corrected chi connectivity index (χ0v) is 22.5. The Labute approximate surface area is 218 Å². The molecule has 8 heteroatoms. The fraction of sp³-hybridized carbons (Fsp3) is 0.393. The third kappa shape index (κ3) is 5.44. The predicted octanol–water partition coefficient (Wildman–Crippen LogP) is 4.76. The molecule has 3 heterocycles. The summed E-state index contributed by atoms with van der Waals surface area (Å²) in [5, 5.41) is 7.20. The number of carbonyl (C=O) groups is 1. The van der Waals surface area contributed by atoms with Gasteiger partial charge in [-0.25, -0.2) is 0 Å². The lowest BCUT2D eigenvalue weighted by atomic mass is 9.96. The number of carbonyl (C=O) groups excluding carboxylic acids is 1. The van der Waals surface area contributed by atoms with Gasteiger partial charge < -0.3 is 24.8 Å². The van der Waals surface area contributed by atoms with E-state index in [1.807, 2.05) is 50.2 Å². The number of aromatic nitrogens is 2. The highest BCUT2D eigenvalue weighted by molar-refractivity contribution is 7.80. The third-order valence-electron chi connectivity index (χ3n) is 6.90. The monoisotopic (exact) mass is 505 g/mol. The molecule has 4 rings (SSSR count). The number of nitrogens with one attached hydrogen (secondary N) is 2. The minimum Gasteiger partial charge on any atom is -0.383 e. The van der Waals surface area contributed by atoms with Gasteiger partial charge in [0.2, 0.25) is 5.91 Å². The molecule has 190 valence electrons. The molecular weight excluding hydrogens is 470 g/mol. The van der Waals surface area contributed by atoms with Crippen LogP contribution < -0.4 is 10.6 Å². The van der Waals surface area contributed by atoms with Gasteiger partial charge in [0.05, 0.1) is 24.4 Å². The minimum atomic E-state index is -0.114. The molecule has 1 aliphatic rings. The average molecular weight is 506 g/mol. The first-order chi connectivity index (χ1) is 17.3. The third-order valence-corrected chi connectivity index (χ3v) is 7.25. The molecule has 36 heavy (non-hydrogen) atoms. The van der Waals surface area contributed by atoms with Gasteiger partial charge in [-0.2, -0.15) is 0 Å². The zero-order valence-electron chi connectivity index (χ0n) is 21.7. The number of ether oxygens (including phenoxy) is 1. The number of rotatable bonds is 9. The molecule has 0 unspecified atom stereocenters. The van der Waals surface area contributed by atoms with Gasteiger partial charge >= 0.3 is 0 Å². The van der Waals surface area contributed by atoms with E-state index in [9.17, 15) is 4.79 Å². The highest BCUT2D eigenvalue weighted by Crippen LogP contribution is 2.40. The zero-order chi connectivity index (χ0) is 25.8. The van der Waals surface area contributed by atoms with E-state index in [0.29, 0.717) is 24.7 Å². The number of anilines is 1. The van der Waals surface area contributed by atoms with Crippen LogP contribution in [-0.2, 0) is 16.1 Å². The molecule has 0 saturated carbocycles. The molecule has 1 saturated heterocycles. The average Bonchev–Trinajstić information content (AvgIpc) is 3.33. The summed E-state index contributed by atoms with van der Waals surface area (Å²) in [6, 6.07) is 14.0. The molecule has 2 aromatic heterocycles. The van der Waals surface area contributed by atoms with Crippen LogP contribution in [0.3, 0.4) is 0 Å². The highest BCUT2D eigenvalue weighted by atomic mass is 32.1. The van der Waals surface area contributed by atoms with E-state index in [4.69, 9.17) is 17.0 Å². The fourth-order valence-electron chi connectivity index (χ4n) is 4.94. The number of hydrogen-bond acceptors (Lipinski definition) is 4. The van der Waals surface area contributed by atoms with Crippen molar-refractivity contribution in [2.24, 2.45) is 0 Å². The maximum absolute atomic E-state index is 12.9. The summed E-state index contributed by atoms with van der Waals surface area (Å²) in [5.74, 6) is -0.0305. The minimum absolute atomic E-state index is 0.0305. The number of thiocarbonyl (C=S) groups is 1. The molecule has 0 spiro atoms. The number of benzene rings is 1. The quantitative estimate of drug-likeness (QED) is 0.409. The first-order valence-corrected chi connectivity index (χ1v) is 12.7. The van der Waals surface area contributed by atoms with E-state index >= 15 is 0 Å². The summed E-state index contributed by atoms with van der Waals surface area (Å²) in [6.07, 6.45) is 2.13. The topological polar surface area (TPSA) is 71.4 Å². The number of amides is 1. The van der Waals surface area contributed by atoms with Gasteiger partial charge in [-0.15, -0.1) is 0 Å². The molecule has 2 atom stereocenters. The van der Waals surface area contributed by atoms with Gasteiger partial charge in [0, 0.05) is 49.9 Å². The Morgan fingerprint density at radius 2 is 1.94 bits per heavy atom. The van der Waals surface area contributed by atoms with Crippen molar-refractivity contribution in [3.05, 3.63) is 82.4 Å². The highest BCUT2D eigenvalue weighted by Gasteiger charge is 2.41. The van der Waals surface area contributed by atoms with E-state index in [-0.39, 0.29) is 18.0 Å². The molecule has 0 aliphatic carbocycles. The Bertz CT molecular complexity index is 1240. The maximum Gasteiger partial charge on any atom is 0.226 e. The normalized spacial score (nSPS) is 17.4. The van der Waals surface area contributed by atoms with Gasteiger partial charge in [-0.3, -0.25) is 9.78 Å². The van der Waals surface area contributed by atoms with E-state index in [2.05, 4.69) is 45.0 Å². The molecule has 3 aromatic rings. The van der Waals surface area contributed by atoms with Crippen molar-refractivity contribution in [3.63, 3.8) is 0 Å². The molecule has 7 nitrogen and oxygen atoms in total. The molecule has 0 bridgehead atoms. The second kappa shape index (κ2) is 11.2. The standard InChI is InChI=1S/C28H35N5O2S/c1-18-9-10-19(2)24(16-18)30-25(34)11-13-33-27(22-17-20(3)32(21(22)4)14-15-35-5)26(31-28(33)36)23-8-6-7-12-29-23/h6-10,12,16-17,26-27H,11,13-15H2,1-5H3,(H,30,34)(H,31,36)/t26-,27+/m0/s1. The second-order valence-corrected chi connectivity index (χ2v) is 9.79. The van der Waals surface area contributed by atoms with Gasteiger partial charge in [0.15, 0.2) is 5.11 Å². The number of aryl methyl sites for hydroxylation is 3. The lowest BCUT2D eigenvalue weighted by Gasteiger charge is -2.28. The number of methoxy groups -OCH3 is 1. The van der Waals surface area contributed by atoms with Crippen molar-refractivity contribution in [2.45, 2.75) is 52.7 Å². The van der Waals surface area contributed by atoms with E-state index < -0.39 is 0 Å². The molecule has 0 radical (unpaired) electrons. The molecule has 1 aromatic carbocycles. The Hall–Kier alpha value is -3.23. The van der Waals surface area contributed by atoms with Gasteiger partial charge in [-0.1, -0.05) is 18.2 Å². The summed E-state index contributed by atoms with van der Waals surface area (Å²) in [6.45, 7) is 10.2.